The summed E-state index contributed by atoms with van der Waals surface area (Å²) in [5, 5.41) is 5.37. The molecule has 3 heterocycles. The largest absolute Gasteiger partial charge is 0.342 e. The van der Waals surface area contributed by atoms with Crippen molar-refractivity contribution < 1.29 is 21.6 Å². The second-order valence-corrected chi connectivity index (χ2v) is 13.3. The number of nitrogens with one attached hydrogen (secondary N) is 3. The zero-order valence-electron chi connectivity index (χ0n) is 19.5. The van der Waals surface area contributed by atoms with Gasteiger partial charge in [0.2, 0.25) is 0 Å². The second kappa shape index (κ2) is 9.20. The second-order valence-electron chi connectivity index (χ2n) is 8.11. The van der Waals surface area contributed by atoms with Crippen molar-refractivity contribution >= 4 is 77.1 Å². The Hall–Kier alpha value is -3.79. The van der Waals surface area contributed by atoms with Crippen LogP contribution in [0.4, 0.5) is 16.2 Å². The summed E-state index contributed by atoms with van der Waals surface area (Å²) in [5.41, 5.74) is 0.733. The molecule has 0 saturated carbocycles. The van der Waals surface area contributed by atoms with Gasteiger partial charge < -0.3 is 10.6 Å². The zero-order valence-corrected chi connectivity index (χ0v) is 22.7. The number of anilines is 2. The van der Waals surface area contributed by atoms with Crippen LogP contribution >= 0.6 is 22.9 Å². The van der Waals surface area contributed by atoms with E-state index in [0.717, 1.165) is 11.3 Å². The van der Waals surface area contributed by atoms with E-state index in [9.17, 15) is 26.4 Å². The van der Waals surface area contributed by atoms with Gasteiger partial charge in [0, 0.05) is 5.69 Å². The molecule has 2 aromatic heterocycles. The Bertz CT molecular complexity index is 1950. The molecule has 0 unspecified atom stereocenters. The summed E-state index contributed by atoms with van der Waals surface area (Å²) < 4.78 is 56.6. The number of thiophene rings is 1. The maximum absolute atomic E-state index is 13.4. The van der Waals surface area contributed by atoms with E-state index in [1.165, 1.54) is 60.0 Å². The lowest BCUT2D eigenvalue weighted by Gasteiger charge is -2.17. The van der Waals surface area contributed by atoms with Crippen molar-refractivity contribution in [3.63, 3.8) is 0 Å². The van der Waals surface area contributed by atoms with Gasteiger partial charge in [-0.15, -0.1) is 15.7 Å². The molecule has 3 N–H and O–H groups in total. The van der Waals surface area contributed by atoms with E-state index in [4.69, 9.17) is 11.6 Å². The highest BCUT2D eigenvalue weighted by molar-refractivity contribution is 7.92. The summed E-state index contributed by atoms with van der Waals surface area (Å²) in [6.45, 7) is 3.14. The molecule has 0 radical (unpaired) electrons. The number of rotatable bonds is 4. The van der Waals surface area contributed by atoms with Crippen LogP contribution < -0.4 is 20.9 Å². The first-order valence-corrected chi connectivity index (χ1v) is 14.8. The molecule has 0 spiro atoms. The van der Waals surface area contributed by atoms with Crippen molar-refractivity contribution in [1.29, 1.82) is 0 Å². The summed E-state index contributed by atoms with van der Waals surface area (Å²) in [6, 6.07) is 10.4. The lowest BCUT2D eigenvalue weighted by Crippen LogP contribution is -2.33. The van der Waals surface area contributed by atoms with Gasteiger partial charge in [0.15, 0.2) is 0 Å². The minimum Gasteiger partial charge on any atom is -0.342 e. The highest BCUT2D eigenvalue weighted by Crippen LogP contribution is 2.30. The molecule has 5 rings (SSSR count). The van der Waals surface area contributed by atoms with E-state index in [0.29, 0.717) is 17.0 Å². The van der Waals surface area contributed by atoms with Crippen LogP contribution in [0.5, 0.6) is 0 Å². The Balaban J connectivity index is 1.43. The van der Waals surface area contributed by atoms with Crippen LogP contribution in [0.25, 0.3) is 16.6 Å². The van der Waals surface area contributed by atoms with Gasteiger partial charge in [-0.3, -0.25) is 9.36 Å². The average Bonchev–Trinajstić information content (AvgIpc) is 3.26. The van der Waals surface area contributed by atoms with Crippen molar-refractivity contribution in [3.8, 4) is 5.69 Å². The molecule has 1 aliphatic heterocycles. The number of sulfonamides is 2. The molecule has 16 heteroatoms. The minimum atomic E-state index is -4.10. The molecule has 0 atom stereocenters. The fourth-order valence-corrected chi connectivity index (χ4v) is 7.40. The van der Waals surface area contributed by atoms with E-state index in [1.54, 1.807) is 6.92 Å². The molecular formula is C22H17ClN6O6S3. The number of urea groups is 1. The van der Waals surface area contributed by atoms with Crippen molar-refractivity contribution in [2.45, 2.75) is 23.0 Å². The van der Waals surface area contributed by atoms with Gasteiger partial charge in [-0.05, 0) is 62.4 Å². The van der Waals surface area contributed by atoms with E-state index in [1.807, 2.05) is 4.72 Å². The van der Waals surface area contributed by atoms with Crippen molar-refractivity contribution in [2.75, 3.05) is 10.6 Å². The van der Waals surface area contributed by atoms with Gasteiger partial charge in [0.05, 0.1) is 26.6 Å². The molecule has 196 valence electrons. The molecule has 38 heavy (non-hydrogen) atoms. The van der Waals surface area contributed by atoms with E-state index in [2.05, 4.69) is 20.0 Å². The van der Waals surface area contributed by atoms with Crippen molar-refractivity contribution in [3.05, 3.63) is 69.0 Å². The first kappa shape index (κ1) is 25.8. The maximum atomic E-state index is 13.4. The van der Waals surface area contributed by atoms with Gasteiger partial charge in [-0.1, -0.05) is 11.6 Å². The third-order valence-electron chi connectivity index (χ3n) is 5.41. The van der Waals surface area contributed by atoms with E-state index < -0.39 is 31.6 Å². The summed E-state index contributed by atoms with van der Waals surface area (Å²) in [7, 11) is -8.08. The minimum absolute atomic E-state index is 0.0787. The van der Waals surface area contributed by atoms with Gasteiger partial charge >= 0.3 is 6.03 Å². The number of carbonyl (C=O) groups is 1. The lowest BCUT2D eigenvalue weighted by molar-refractivity contribution is 0.256. The van der Waals surface area contributed by atoms with Crippen LogP contribution in [0.2, 0.25) is 4.34 Å². The van der Waals surface area contributed by atoms with Crippen LogP contribution in [0.15, 0.2) is 66.8 Å². The topological polar surface area (TPSA) is 169 Å². The number of amidine groups is 1. The van der Waals surface area contributed by atoms with Crippen LogP contribution in [0, 0.1) is 6.92 Å². The predicted molar refractivity (Wildman–Crippen MR) is 145 cm³/mol. The molecular weight excluding hydrogens is 576 g/mol. The van der Waals surface area contributed by atoms with Gasteiger partial charge in [-0.25, -0.2) is 22.9 Å². The van der Waals surface area contributed by atoms with Crippen molar-refractivity contribution in [1.82, 2.24) is 14.3 Å². The molecule has 0 saturated heterocycles. The van der Waals surface area contributed by atoms with Gasteiger partial charge in [0.25, 0.3) is 25.6 Å². The van der Waals surface area contributed by atoms with Gasteiger partial charge in [0.1, 0.15) is 20.8 Å². The lowest BCUT2D eigenvalue weighted by atomic mass is 10.2. The van der Waals surface area contributed by atoms with Crippen LogP contribution in [-0.2, 0) is 20.0 Å². The smallest absolute Gasteiger partial charge is 0.333 e. The highest BCUT2D eigenvalue weighted by Gasteiger charge is 2.26. The van der Waals surface area contributed by atoms with E-state index in [-0.39, 0.29) is 36.0 Å². The number of aryl methyl sites for hydroxylation is 1. The summed E-state index contributed by atoms with van der Waals surface area (Å²) in [5.74, 6) is 0.545. The molecule has 1 aliphatic rings. The Labute approximate surface area is 225 Å². The molecule has 0 bridgehead atoms. The number of nitrogens with zero attached hydrogens (tertiary/aromatic N) is 3. The molecule has 0 fully saturated rings. The third kappa shape index (κ3) is 4.76. The number of hydrogen-bond acceptors (Lipinski definition) is 9. The number of hydrogen-bond donors (Lipinski definition) is 3. The number of amides is 2. The van der Waals surface area contributed by atoms with Crippen LogP contribution in [-0.4, -0.2) is 38.3 Å². The number of fused-ring (bicyclic) bond motifs is 2. The highest BCUT2D eigenvalue weighted by atomic mass is 35.5. The molecule has 2 amide bonds. The Morgan fingerprint density at radius 1 is 1.11 bits per heavy atom. The Kier molecular flexibility index (Phi) is 6.25. The maximum Gasteiger partial charge on any atom is 0.333 e. The first-order chi connectivity index (χ1) is 17.8. The monoisotopic (exact) mass is 592 g/mol. The summed E-state index contributed by atoms with van der Waals surface area (Å²) in [4.78, 5) is 30.0. The molecule has 12 nitrogen and oxygen atoms in total. The standard InChI is InChI=1S/C22H17ClN6O6S3/c1-11-24-17-10-16-15(9-18(17)37(32,33)27-11)21(30)29(12(2)25-16)14-5-3-13(4-6-14)26-22(31)28-38(34,35)20-8-7-19(23)36-20/h3-10H,1-2H3,(H,24,27)(H2,26,28,31). The molecule has 0 aliphatic carbocycles. The predicted octanol–water partition coefficient (Wildman–Crippen LogP) is 3.45. The Morgan fingerprint density at radius 2 is 1.82 bits per heavy atom. The Morgan fingerprint density at radius 3 is 2.47 bits per heavy atom. The van der Waals surface area contributed by atoms with Crippen LogP contribution in [0.1, 0.15) is 12.7 Å². The van der Waals surface area contributed by atoms with E-state index >= 15 is 0 Å². The van der Waals surface area contributed by atoms with Crippen molar-refractivity contribution in [2.24, 2.45) is 4.40 Å². The quantitative estimate of drug-likeness (QED) is 0.324. The fraction of sp³-hybridized carbons (Fsp3) is 0.0909. The number of aromatic nitrogens is 2. The normalized spacial score (nSPS) is 14.3. The first-order valence-electron chi connectivity index (χ1n) is 10.7. The number of benzene rings is 2. The molecule has 4 aromatic rings. The molecule has 2 aromatic carbocycles. The SMILES string of the molecule is CC1=NS(=O)(=O)c2cc3c(=O)n(-c4ccc(NC(=O)NS(=O)(=O)c5ccc(Cl)s5)cc4)c(C)nc3cc2N1. The summed E-state index contributed by atoms with van der Waals surface area (Å²) in [6.07, 6.45) is 0. The summed E-state index contributed by atoms with van der Waals surface area (Å²) >= 11 is 6.57. The number of carbonyl (C=O) groups excluding carboxylic acids is 1. The van der Waals surface area contributed by atoms with Gasteiger partial charge in [-0.2, -0.15) is 8.42 Å². The zero-order chi connectivity index (χ0) is 27.4. The third-order valence-corrected chi connectivity index (χ3v) is 9.87. The fourth-order valence-electron chi connectivity index (χ4n) is 3.85. The number of halogens is 1. The average molecular weight is 593 g/mol. The van der Waals surface area contributed by atoms with Crippen LogP contribution in [0.3, 0.4) is 0 Å².